The zero-order valence-corrected chi connectivity index (χ0v) is 16.9. The summed E-state index contributed by atoms with van der Waals surface area (Å²) >= 11 is 1.71. The van der Waals surface area contributed by atoms with Crippen LogP contribution in [0.2, 0.25) is 0 Å². The lowest BCUT2D eigenvalue weighted by Gasteiger charge is -2.31. The molecule has 0 saturated heterocycles. The fourth-order valence-corrected chi connectivity index (χ4v) is 5.07. The van der Waals surface area contributed by atoms with Gasteiger partial charge < -0.3 is 20.1 Å². The Morgan fingerprint density at radius 3 is 2.67 bits per heavy atom. The summed E-state index contributed by atoms with van der Waals surface area (Å²) in [4.78, 5) is 16.6. The van der Waals surface area contributed by atoms with Gasteiger partial charge >= 0.3 is 0 Å². The van der Waals surface area contributed by atoms with Crippen LogP contribution in [0.1, 0.15) is 46.4 Å². The van der Waals surface area contributed by atoms with E-state index in [-0.39, 0.29) is 12.1 Å². The van der Waals surface area contributed by atoms with Gasteiger partial charge in [-0.3, -0.25) is 9.69 Å². The molecule has 6 nitrogen and oxygen atoms in total. The molecule has 1 unspecified atom stereocenters. The SMILES string of the molecule is COc1ccc(C2NC(=O)c3c(sc4c3CCN(C(C)C)C4)N2)cc1OC. The van der Waals surface area contributed by atoms with Gasteiger partial charge in [0.25, 0.3) is 5.91 Å². The monoisotopic (exact) mass is 387 g/mol. The van der Waals surface area contributed by atoms with E-state index in [1.807, 2.05) is 18.2 Å². The Hall–Kier alpha value is -2.25. The quantitative estimate of drug-likeness (QED) is 0.842. The highest BCUT2D eigenvalue weighted by Crippen LogP contribution is 2.41. The van der Waals surface area contributed by atoms with Crippen molar-refractivity contribution < 1.29 is 14.3 Å². The summed E-state index contributed by atoms with van der Waals surface area (Å²) in [5.41, 5.74) is 2.97. The largest absolute Gasteiger partial charge is 0.493 e. The maximum absolute atomic E-state index is 12.9. The number of nitrogens with zero attached hydrogens (tertiary/aromatic N) is 1. The van der Waals surface area contributed by atoms with E-state index in [9.17, 15) is 4.79 Å². The first-order chi connectivity index (χ1) is 13.0. The van der Waals surface area contributed by atoms with E-state index >= 15 is 0 Å². The Morgan fingerprint density at radius 2 is 1.96 bits per heavy atom. The molecule has 2 aromatic rings. The molecule has 0 aliphatic carbocycles. The number of carbonyl (C=O) groups excluding carboxylic acids is 1. The number of hydrogen-bond donors (Lipinski definition) is 2. The number of rotatable bonds is 4. The smallest absolute Gasteiger partial charge is 0.256 e. The molecule has 1 aromatic carbocycles. The fraction of sp³-hybridized carbons (Fsp3) is 0.450. The summed E-state index contributed by atoms with van der Waals surface area (Å²) in [6.45, 7) is 6.36. The molecule has 0 radical (unpaired) electrons. The molecular weight excluding hydrogens is 362 g/mol. The Labute approximate surface area is 163 Å². The fourth-order valence-electron chi connectivity index (χ4n) is 3.78. The number of amides is 1. The number of benzene rings is 1. The van der Waals surface area contributed by atoms with Crippen molar-refractivity contribution in [3.05, 3.63) is 39.8 Å². The number of ether oxygens (including phenoxy) is 2. The summed E-state index contributed by atoms with van der Waals surface area (Å²) in [5, 5.41) is 7.57. The first-order valence-corrected chi connectivity index (χ1v) is 10.0. The van der Waals surface area contributed by atoms with Crippen molar-refractivity contribution in [1.82, 2.24) is 10.2 Å². The topological polar surface area (TPSA) is 62.8 Å². The number of hydrogen-bond acceptors (Lipinski definition) is 6. The number of anilines is 1. The van der Waals surface area contributed by atoms with E-state index in [0.717, 1.165) is 35.6 Å². The van der Waals surface area contributed by atoms with Gasteiger partial charge in [-0.25, -0.2) is 0 Å². The van der Waals surface area contributed by atoms with Gasteiger partial charge in [-0.2, -0.15) is 0 Å². The first kappa shape index (κ1) is 18.1. The van der Waals surface area contributed by atoms with E-state index < -0.39 is 0 Å². The van der Waals surface area contributed by atoms with Gasteiger partial charge in [0.15, 0.2) is 11.5 Å². The van der Waals surface area contributed by atoms with Crippen LogP contribution in [0.4, 0.5) is 5.00 Å². The lowest BCUT2D eigenvalue weighted by molar-refractivity contribution is 0.0934. The Kier molecular flexibility index (Phi) is 4.74. The summed E-state index contributed by atoms with van der Waals surface area (Å²) in [6, 6.07) is 6.21. The van der Waals surface area contributed by atoms with Gasteiger partial charge in [-0.05, 0) is 43.5 Å². The van der Waals surface area contributed by atoms with Crippen LogP contribution in [0.15, 0.2) is 18.2 Å². The minimum atomic E-state index is -0.286. The van der Waals surface area contributed by atoms with Crippen LogP contribution in [0.25, 0.3) is 0 Å². The van der Waals surface area contributed by atoms with Crippen LogP contribution in [0.3, 0.4) is 0 Å². The Morgan fingerprint density at radius 1 is 1.19 bits per heavy atom. The molecule has 3 heterocycles. The van der Waals surface area contributed by atoms with Crippen molar-refractivity contribution in [1.29, 1.82) is 0 Å². The molecule has 0 bridgehead atoms. The predicted molar refractivity (Wildman–Crippen MR) is 107 cm³/mol. The number of methoxy groups -OCH3 is 2. The zero-order chi connectivity index (χ0) is 19.1. The second-order valence-corrected chi connectivity index (χ2v) is 8.29. The van der Waals surface area contributed by atoms with Gasteiger partial charge in [0.05, 0.1) is 19.8 Å². The third-order valence-corrected chi connectivity index (χ3v) is 6.48. The molecule has 4 rings (SSSR count). The average Bonchev–Trinajstić information content (AvgIpc) is 3.05. The van der Waals surface area contributed by atoms with Crippen molar-refractivity contribution in [2.45, 2.75) is 39.0 Å². The molecule has 1 aromatic heterocycles. The molecule has 2 aliphatic heterocycles. The molecule has 2 N–H and O–H groups in total. The maximum Gasteiger partial charge on any atom is 0.256 e. The van der Waals surface area contributed by atoms with E-state index in [1.165, 1.54) is 10.4 Å². The van der Waals surface area contributed by atoms with Crippen LogP contribution in [0.5, 0.6) is 11.5 Å². The highest BCUT2D eigenvalue weighted by Gasteiger charge is 2.33. The van der Waals surface area contributed by atoms with Gasteiger partial charge in [-0.1, -0.05) is 6.07 Å². The third-order valence-electron chi connectivity index (χ3n) is 5.34. The van der Waals surface area contributed by atoms with E-state index in [2.05, 4.69) is 29.4 Å². The van der Waals surface area contributed by atoms with E-state index in [0.29, 0.717) is 17.5 Å². The summed E-state index contributed by atoms with van der Waals surface area (Å²) in [6.07, 6.45) is 0.640. The molecule has 1 amide bonds. The van der Waals surface area contributed by atoms with Crippen LogP contribution < -0.4 is 20.1 Å². The maximum atomic E-state index is 12.9. The Bertz CT molecular complexity index is 878. The van der Waals surface area contributed by atoms with Crippen LogP contribution in [-0.4, -0.2) is 37.6 Å². The first-order valence-electron chi connectivity index (χ1n) is 9.19. The zero-order valence-electron chi connectivity index (χ0n) is 16.1. The molecule has 1 atom stereocenters. The number of nitrogens with one attached hydrogen (secondary N) is 2. The molecule has 7 heteroatoms. The van der Waals surface area contributed by atoms with Crippen molar-refractivity contribution in [2.75, 3.05) is 26.1 Å². The molecule has 0 spiro atoms. The number of carbonyl (C=O) groups is 1. The minimum Gasteiger partial charge on any atom is -0.493 e. The lowest BCUT2D eigenvalue weighted by atomic mass is 9.99. The van der Waals surface area contributed by atoms with Gasteiger partial charge in [0, 0.05) is 24.0 Å². The normalized spacial score (nSPS) is 19.1. The molecule has 0 fully saturated rings. The summed E-state index contributed by atoms with van der Waals surface area (Å²) in [5.74, 6) is 1.32. The van der Waals surface area contributed by atoms with Crippen molar-refractivity contribution in [2.24, 2.45) is 0 Å². The number of fused-ring (bicyclic) bond motifs is 3. The molecule has 27 heavy (non-hydrogen) atoms. The summed E-state index contributed by atoms with van der Waals surface area (Å²) in [7, 11) is 3.22. The highest BCUT2D eigenvalue weighted by molar-refractivity contribution is 7.16. The Balaban J connectivity index is 1.64. The van der Waals surface area contributed by atoms with Gasteiger partial charge in [0.2, 0.25) is 0 Å². The van der Waals surface area contributed by atoms with E-state index in [4.69, 9.17) is 9.47 Å². The summed E-state index contributed by atoms with van der Waals surface area (Å²) < 4.78 is 10.7. The third kappa shape index (κ3) is 3.15. The van der Waals surface area contributed by atoms with E-state index in [1.54, 1.807) is 25.6 Å². The standard InChI is InChI=1S/C20H25N3O3S/c1-11(2)23-8-7-13-16(10-23)27-20-17(13)19(24)21-18(22-20)12-5-6-14(25-3)15(9-12)26-4/h5-6,9,11,18,22H,7-8,10H2,1-4H3,(H,21,24). The van der Waals surface area contributed by atoms with Crippen LogP contribution >= 0.6 is 11.3 Å². The van der Waals surface area contributed by atoms with Crippen molar-refractivity contribution >= 4 is 22.2 Å². The molecular formula is C20H25N3O3S. The average molecular weight is 388 g/mol. The number of thiophene rings is 1. The van der Waals surface area contributed by atoms with Crippen LogP contribution in [0, 0.1) is 0 Å². The van der Waals surface area contributed by atoms with Gasteiger partial charge in [0.1, 0.15) is 11.2 Å². The van der Waals surface area contributed by atoms with Crippen LogP contribution in [-0.2, 0) is 13.0 Å². The second kappa shape index (κ2) is 7.05. The second-order valence-electron chi connectivity index (χ2n) is 7.19. The molecule has 144 valence electrons. The van der Waals surface area contributed by atoms with Crippen molar-refractivity contribution in [3.8, 4) is 11.5 Å². The van der Waals surface area contributed by atoms with Gasteiger partial charge in [-0.15, -0.1) is 11.3 Å². The lowest BCUT2D eigenvalue weighted by Crippen LogP contribution is -2.39. The highest BCUT2D eigenvalue weighted by atomic mass is 32.1. The molecule has 2 aliphatic rings. The minimum absolute atomic E-state index is 0.000896. The van der Waals surface area contributed by atoms with Crippen molar-refractivity contribution in [3.63, 3.8) is 0 Å². The predicted octanol–water partition coefficient (Wildman–Crippen LogP) is 3.39. The molecule has 0 saturated carbocycles.